The Morgan fingerprint density at radius 1 is 1.00 bits per heavy atom. The van der Waals surface area contributed by atoms with Crippen LogP contribution in [0.3, 0.4) is 0 Å². The van der Waals surface area contributed by atoms with E-state index in [-0.39, 0.29) is 31.2 Å². The first-order valence-corrected chi connectivity index (χ1v) is 14.0. The number of aryl methyl sites for hydroxylation is 1. The van der Waals surface area contributed by atoms with Crippen molar-refractivity contribution in [3.63, 3.8) is 0 Å². The van der Waals surface area contributed by atoms with E-state index in [1.54, 1.807) is 28.4 Å². The number of benzene rings is 2. The van der Waals surface area contributed by atoms with Crippen LogP contribution in [-0.4, -0.2) is 41.0 Å². The number of hydrogen-bond acceptors (Lipinski definition) is 5. The molecular formula is C29H31ClN2O4S. The van der Waals surface area contributed by atoms with E-state index < -0.39 is 0 Å². The number of hydrogen-bond donors (Lipinski definition) is 0. The lowest BCUT2D eigenvalue weighted by molar-refractivity contribution is -0.133. The standard InChI is InChI=1S/C29H31ClN2O4S/c1-20-13-14-37-27(20)17-31(16-21-11-12-25-26(15-21)36-19-35-25)28(33)18-32(22-7-3-2-4-8-22)29(34)23-9-5-6-10-24(23)30/h5-6,9-15,22H,2-4,7-8,16-19H2,1H3. The molecule has 0 spiro atoms. The van der Waals surface area contributed by atoms with Crippen molar-refractivity contribution in [2.75, 3.05) is 13.3 Å². The van der Waals surface area contributed by atoms with Gasteiger partial charge in [-0.25, -0.2) is 0 Å². The van der Waals surface area contributed by atoms with Crippen molar-refractivity contribution in [3.8, 4) is 11.5 Å². The SMILES string of the molecule is Cc1ccsc1CN(Cc1ccc2c(c1)OCO2)C(=O)CN(C(=O)c1ccccc1Cl)C1CCCCC1. The van der Waals surface area contributed by atoms with Crippen LogP contribution in [0.15, 0.2) is 53.9 Å². The monoisotopic (exact) mass is 538 g/mol. The van der Waals surface area contributed by atoms with Crippen LogP contribution in [0.2, 0.25) is 5.02 Å². The predicted octanol–water partition coefficient (Wildman–Crippen LogP) is 6.44. The van der Waals surface area contributed by atoms with Gasteiger partial charge in [0.15, 0.2) is 11.5 Å². The summed E-state index contributed by atoms with van der Waals surface area (Å²) in [6, 6.07) is 14.9. The molecule has 1 aliphatic heterocycles. The highest BCUT2D eigenvalue weighted by atomic mass is 35.5. The van der Waals surface area contributed by atoms with Gasteiger partial charge in [0.1, 0.15) is 6.54 Å². The fraction of sp³-hybridized carbons (Fsp3) is 0.379. The number of thiophene rings is 1. The van der Waals surface area contributed by atoms with Gasteiger partial charge < -0.3 is 19.3 Å². The predicted molar refractivity (Wildman–Crippen MR) is 145 cm³/mol. The third kappa shape index (κ3) is 5.94. The zero-order valence-corrected chi connectivity index (χ0v) is 22.5. The molecule has 2 heterocycles. The second kappa shape index (κ2) is 11.6. The molecule has 0 bridgehead atoms. The Kier molecular flexibility index (Phi) is 8.01. The lowest BCUT2D eigenvalue weighted by Gasteiger charge is -2.35. The largest absolute Gasteiger partial charge is 0.454 e. The molecule has 1 fully saturated rings. The zero-order valence-electron chi connectivity index (χ0n) is 21.0. The Hall–Kier alpha value is -3.03. The Bertz CT molecular complexity index is 1270. The second-order valence-corrected chi connectivity index (χ2v) is 11.1. The molecule has 3 aromatic rings. The van der Waals surface area contributed by atoms with E-state index in [0.717, 1.165) is 48.1 Å². The number of amides is 2. The molecule has 2 aromatic carbocycles. The second-order valence-electron chi connectivity index (χ2n) is 9.67. The van der Waals surface area contributed by atoms with Gasteiger partial charge >= 0.3 is 0 Å². The van der Waals surface area contributed by atoms with Crippen molar-refractivity contribution in [2.45, 2.75) is 58.2 Å². The Morgan fingerprint density at radius 2 is 1.78 bits per heavy atom. The number of fused-ring (bicyclic) bond motifs is 1. The van der Waals surface area contributed by atoms with Crippen LogP contribution in [0.25, 0.3) is 0 Å². The maximum absolute atomic E-state index is 13.9. The summed E-state index contributed by atoms with van der Waals surface area (Å²) in [4.78, 5) is 32.4. The Morgan fingerprint density at radius 3 is 2.54 bits per heavy atom. The van der Waals surface area contributed by atoms with E-state index in [9.17, 15) is 9.59 Å². The van der Waals surface area contributed by atoms with Crippen LogP contribution in [0.5, 0.6) is 11.5 Å². The number of nitrogens with zero attached hydrogens (tertiary/aromatic N) is 2. The third-order valence-corrected chi connectivity index (χ3v) is 8.49. The van der Waals surface area contributed by atoms with Crippen LogP contribution >= 0.6 is 22.9 Å². The number of carbonyl (C=O) groups is 2. The maximum Gasteiger partial charge on any atom is 0.256 e. The van der Waals surface area contributed by atoms with Gasteiger partial charge in [-0.15, -0.1) is 11.3 Å². The van der Waals surface area contributed by atoms with Crippen molar-refractivity contribution in [1.29, 1.82) is 0 Å². The molecule has 37 heavy (non-hydrogen) atoms. The summed E-state index contributed by atoms with van der Waals surface area (Å²) in [6.45, 7) is 3.17. The highest BCUT2D eigenvalue weighted by molar-refractivity contribution is 7.10. The van der Waals surface area contributed by atoms with Crippen LogP contribution in [0.4, 0.5) is 0 Å². The van der Waals surface area contributed by atoms with E-state index in [0.29, 0.717) is 35.2 Å². The molecule has 0 unspecified atom stereocenters. The smallest absolute Gasteiger partial charge is 0.256 e. The van der Waals surface area contributed by atoms with E-state index in [4.69, 9.17) is 21.1 Å². The van der Waals surface area contributed by atoms with Crippen molar-refractivity contribution in [1.82, 2.24) is 9.80 Å². The average Bonchev–Trinajstić information content (AvgIpc) is 3.55. The quantitative estimate of drug-likeness (QED) is 0.331. The van der Waals surface area contributed by atoms with E-state index >= 15 is 0 Å². The zero-order chi connectivity index (χ0) is 25.8. The molecule has 2 aliphatic rings. The van der Waals surface area contributed by atoms with Crippen molar-refractivity contribution in [3.05, 3.63) is 80.5 Å². The van der Waals surface area contributed by atoms with Gasteiger partial charge in [0.25, 0.3) is 5.91 Å². The summed E-state index contributed by atoms with van der Waals surface area (Å²) < 4.78 is 11.0. The molecule has 1 aromatic heterocycles. The number of carbonyl (C=O) groups excluding carboxylic acids is 2. The van der Waals surface area contributed by atoms with Gasteiger partial charge in [-0.05, 0) is 66.6 Å². The highest BCUT2D eigenvalue weighted by Gasteiger charge is 2.31. The molecule has 0 N–H and O–H groups in total. The van der Waals surface area contributed by atoms with Crippen LogP contribution < -0.4 is 9.47 Å². The summed E-state index contributed by atoms with van der Waals surface area (Å²) in [5.74, 6) is 1.14. The molecule has 5 rings (SSSR count). The fourth-order valence-corrected chi connectivity index (χ4v) is 6.16. The number of ether oxygens (including phenoxy) is 2. The first-order chi connectivity index (χ1) is 18.0. The highest BCUT2D eigenvalue weighted by Crippen LogP contribution is 2.33. The molecule has 194 valence electrons. The molecule has 0 radical (unpaired) electrons. The molecule has 1 aliphatic carbocycles. The van der Waals surface area contributed by atoms with Crippen LogP contribution in [0.1, 0.15) is 58.5 Å². The lowest BCUT2D eigenvalue weighted by Crippen LogP contribution is -2.48. The van der Waals surface area contributed by atoms with Gasteiger partial charge in [-0.3, -0.25) is 9.59 Å². The molecule has 1 saturated carbocycles. The minimum absolute atomic E-state index is 0.0176. The van der Waals surface area contributed by atoms with Gasteiger partial charge in [-0.1, -0.05) is 49.1 Å². The minimum Gasteiger partial charge on any atom is -0.454 e. The fourth-order valence-electron chi connectivity index (χ4n) is 5.03. The first kappa shape index (κ1) is 25.6. The summed E-state index contributed by atoms with van der Waals surface area (Å²) in [6.07, 6.45) is 5.07. The van der Waals surface area contributed by atoms with Gasteiger partial charge in [0.05, 0.1) is 17.1 Å². The summed E-state index contributed by atoms with van der Waals surface area (Å²) in [5, 5.41) is 2.45. The van der Waals surface area contributed by atoms with Gasteiger partial charge in [-0.2, -0.15) is 0 Å². The van der Waals surface area contributed by atoms with E-state index in [1.165, 1.54) is 0 Å². The lowest BCUT2D eigenvalue weighted by atomic mass is 9.93. The van der Waals surface area contributed by atoms with Crippen LogP contribution in [-0.2, 0) is 17.9 Å². The third-order valence-electron chi connectivity index (χ3n) is 7.15. The molecule has 8 heteroatoms. The average molecular weight is 539 g/mol. The van der Waals surface area contributed by atoms with Crippen molar-refractivity contribution < 1.29 is 19.1 Å². The number of rotatable bonds is 8. The summed E-state index contributed by atoms with van der Waals surface area (Å²) >= 11 is 8.05. The van der Waals surface area contributed by atoms with E-state index in [2.05, 4.69) is 13.0 Å². The molecule has 2 amide bonds. The van der Waals surface area contributed by atoms with E-state index in [1.807, 2.05) is 40.6 Å². The van der Waals surface area contributed by atoms with Crippen LogP contribution in [0, 0.1) is 6.92 Å². The van der Waals surface area contributed by atoms with Crippen molar-refractivity contribution >= 4 is 34.8 Å². The van der Waals surface area contributed by atoms with Crippen molar-refractivity contribution in [2.24, 2.45) is 0 Å². The molecule has 6 nitrogen and oxygen atoms in total. The Labute approximate surface area is 226 Å². The number of halogens is 1. The molecular weight excluding hydrogens is 508 g/mol. The minimum atomic E-state index is -0.179. The van der Waals surface area contributed by atoms with Gasteiger partial charge in [0, 0.05) is 17.5 Å². The Balaban J connectivity index is 1.41. The van der Waals surface area contributed by atoms with Gasteiger partial charge in [0.2, 0.25) is 12.7 Å². The summed E-state index contributed by atoms with van der Waals surface area (Å²) in [7, 11) is 0. The topological polar surface area (TPSA) is 59.1 Å². The molecule has 0 atom stereocenters. The maximum atomic E-state index is 13.9. The molecule has 0 saturated heterocycles. The first-order valence-electron chi connectivity index (χ1n) is 12.7. The summed E-state index contributed by atoms with van der Waals surface area (Å²) in [5.41, 5.74) is 2.55. The normalized spacial score (nSPS) is 15.0.